The number of hydrogen-bond donors (Lipinski definition) is 2. The maximum Gasteiger partial charge on any atom is 0.221 e. The first-order valence-electron chi connectivity index (χ1n) is 10.9. The Hall–Kier alpha value is -3.59. The Kier molecular flexibility index (Phi) is 4.10. The van der Waals surface area contributed by atoms with Crippen molar-refractivity contribution in [3.8, 4) is 0 Å². The van der Waals surface area contributed by atoms with Gasteiger partial charge in [0.1, 0.15) is 0 Å². The monoisotopic (exact) mass is 404 g/mol. The van der Waals surface area contributed by atoms with E-state index in [9.17, 15) is 4.79 Å². The fourth-order valence-corrected chi connectivity index (χ4v) is 5.55. The van der Waals surface area contributed by atoms with Crippen LogP contribution in [0, 0.1) is 5.92 Å². The SMILES string of the molecule is CC(=O)Nc1ccc2c(c1)C1C=CCC1C(c1c3ccccc3cc3ccccc13)N2. The molecular formula is C28H24N2O. The number of carbonyl (C=O) groups excluding carboxylic acids is 1. The van der Waals surface area contributed by atoms with Crippen molar-refractivity contribution in [1.82, 2.24) is 0 Å². The third-order valence-electron chi connectivity index (χ3n) is 6.81. The molecule has 0 fully saturated rings. The van der Waals surface area contributed by atoms with Crippen LogP contribution in [-0.2, 0) is 4.79 Å². The average molecular weight is 405 g/mol. The van der Waals surface area contributed by atoms with Gasteiger partial charge in [-0.2, -0.15) is 0 Å². The molecule has 0 bridgehead atoms. The van der Waals surface area contributed by atoms with Crippen LogP contribution in [0.25, 0.3) is 21.5 Å². The summed E-state index contributed by atoms with van der Waals surface area (Å²) in [4.78, 5) is 11.6. The van der Waals surface area contributed by atoms with Gasteiger partial charge < -0.3 is 10.6 Å². The maximum absolute atomic E-state index is 11.6. The number of hydrogen-bond acceptors (Lipinski definition) is 2. The second-order valence-electron chi connectivity index (χ2n) is 8.69. The van der Waals surface area contributed by atoms with Crippen LogP contribution >= 0.6 is 0 Å². The zero-order chi connectivity index (χ0) is 20.9. The van der Waals surface area contributed by atoms with Crippen molar-refractivity contribution >= 4 is 38.8 Å². The third-order valence-corrected chi connectivity index (χ3v) is 6.81. The molecule has 4 aromatic rings. The van der Waals surface area contributed by atoms with E-state index in [1.54, 1.807) is 6.92 Å². The van der Waals surface area contributed by atoms with Crippen molar-refractivity contribution in [3.63, 3.8) is 0 Å². The molecule has 3 unspecified atom stereocenters. The van der Waals surface area contributed by atoms with E-state index in [0.717, 1.165) is 17.8 Å². The van der Waals surface area contributed by atoms with Crippen molar-refractivity contribution < 1.29 is 4.79 Å². The third kappa shape index (κ3) is 2.92. The minimum atomic E-state index is -0.0395. The fraction of sp³-hybridized carbons (Fsp3) is 0.179. The molecule has 2 N–H and O–H groups in total. The van der Waals surface area contributed by atoms with Crippen LogP contribution in [0.4, 0.5) is 11.4 Å². The Bertz CT molecular complexity index is 1320. The van der Waals surface area contributed by atoms with Gasteiger partial charge in [0.15, 0.2) is 0 Å². The van der Waals surface area contributed by atoms with Gasteiger partial charge in [-0.15, -0.1) is 0 Å². The molecule has 1 heterocycles. The van der Waals surface area contributed by atoms with E-state index in [0.29, 0.717) is 11.8 Å². The van der Waals surface area contributed by atoms with Gasteiger partial charge in [-0.05, 0) is 69.3 Å². The Balaban J connectivity index is 1.55. The van der Waals surface area contributed by atoms with Crippen LogP contribution in [0.2, 0.25) is 0 Å². The molecule has 0 spiro atoms. The minimum Gasteiger partial charge on any atom is -0.378 e. The van der Waals surface area contributed by atoms with Crippen molar-refractivity contribution in [2.75, 3.05) is 10.6 Å². The molecule has 0 aromatic heterocycles. The lowest BCUT2D eigenvalue weighted by molar-refractivity contribution is -0.114. The highest BCUT2D eigenvalue weighted by molar-refractivity contribution is 6.03. The van der Waals surface area contributed by atoms with Gasteiger partial charge in [0, 0.05) is 24.2 Å². The van der Waals surface area contributed by atoms with Crippen molar-refractivity contribution in [1.29, 1.82) is 0 Å². The number of fused-ring (bicyclic) bond motifs is 5. The number of nitrogens with one attached hydrogen (secondary N) is 2. The van der Waals surface area contributed by atoms with E-state index in [1.807, 2.05) is 6.07 Å². The smallest absolute Gasteiger partial charge is 0.221 e. The normalized spacial score (nSPS) is 21.5. The number of carbonyl (C=O) groups is 1. The van der Waals surface area contributed by atoms with Gasteiger partial charge in [0.2, 0.25) is 5.91 Å². The molecule has 0 saturated carbocycles. The first-order chi connectivity index (χ1) is 15.2. The van der Waals surface area contributed by atoms with E-state index in [-0.39, 0.29) is 11.9 Å². The molecule has 152 valence electrons. The molecule has 3 nitrogen and oxygen atoms in total. The molecule has 3 heteroatoms. The molecule has 1 amide bonds. The van der Waals surface area contributed by atoms with Crippen LogP contribution < -0.4 is 10.6 Å². The van der Waals surface area contributed by atoms with Gasteiger partial charge >= 0.3 is 0 Å². The number of anilines is 2. The molecule has 3 atom stereocenters. The van der Waals surface area contributed by atoms with Crippen molar-refractivity contribution in [2.24, 2.45) is 5.92 Å². The molecule has 4 aromatic carbocycles. The summed E-state index contributed by atoms with van der Waals surface area (Å²) in [6.45, 7) is 1.55. The molecule has 31 heavy (non-hydrogen) atoms. The average Bonchev–Trinajstić information content (AvgIpc) is 3.27. The minimum absolute atomic E-state index is 0.0395. The predicted octanol–water partition coefficient (Wildman–Crippen LogP) is 6.78. The number of allylic oxidation sites excluding steroid dienone is 2. The maximum atomic E-state index is 11.6. The van der Waals surface area contributed by atoms with Crippen molar-refractivity contribution in [3.05, 3.63) is 96.1 Å². The number of rotatable bonds is 2. The molecule has 1 aliphatic heterocycles. The molecule has 1 aliphatic carbocycles. The first-order valence-corrected chi connectivity index (χ1v) is 10.9. The van der Waals surface area contributed by atoms with E-state index in [2.05, 4.69) is 89.5 Å². The summed E-state index contributed by atoms with van der Waals surface area (Å²) in [7, 11) is 0. The van der Waals surface area contributed by atoms with E-state index >= 15 is 0 Å². The lowest BCUT2D eigenvalue weighted by Gasteiger charge is -2.38. The van der Waals surface area contributed by atoms with E-state index in [1.165, 1.54) is 32.7 Å². The van der Waals surface area contributed by atoms with Gasteiger partial charge in [-0.3, -0.25) is 4.79 Å². The molecule has 0 radical (unpaired) electrons. The summed E-state index contributed by atoms with van der Waals surface area (Å²) in [5.41, 5.74) is 4.68. The second-order valence-corrected chi connectivity index (χ2v) is 8.69. The zero-order valence-electron chi connectivity index (χ0n) is 17.4. The lowest BCUT2D eigenvalue weighted by Crippen LogP contribution is -2.29. The predicted molar refractivity (Wildman–Crippen MR) is 129 cm³/mol. The van der Waals surface area contributed by atoms with Gasteiger partial charge in [-0.1, -0.05) is 60.7 Å². The van der Waals surface area contributed by atoms with Crippen LogP contribution in [-0.4, -0.2) is 5.91 Å². The summed E-state index contributed by atoms with van der Waals surface area (Å²) in [6.07, 6.45) is 5.71. The van der Waals surface area contributed by atoms with Gasteiger partial charge in [-0.25, -0.2) is 0 Å². The van der Waals surface area contributed by atoms with Crippen LogP contribution in [0.3, 0.4) is 0 Å². The molecule has 0 saturated heterocycles. The Labute approximate surface area is 181 Å². The Morgan fingerprint density at radius 1 is 0.935 bits per heavy atom. The molecule has 6 rings (SSSR count). The van der Waals surface area contributed by atoms with Crippen LogP contribution in [0.5, 0.6) is 0 Å². The summed E-state index contributed by atoms with van der Waals surface area (Å²) in [5.74, 6) is 0.740. The zero-order valence-corrected chi connectivity index (χ0v) is 17.4. The van der Waals surface area contributed by atoms with Crippen LogP contribution in [0.1, 0.15) is 36.4 Å². The highest BCUT2D eigenvalue weighted by atomic mass is 16.1. The van der Waals surface area contributed by atoms with Crippen LogP contribution in [0.15, 0.2) is 84.9 Å². The summed E-state index contributed by atoms with van der Waals surface area (Å²) in [5, 5.41) is 12.0. The largest absolute Gasteiger partial charge is 0.378 e. The van der Waals surface area contributed by atoms with Gasteiger partial charge in [0.25, 0.3) is 0 Å². The number of amides is 1. The Morgan fingerprint density at radius 3 is 2.35 bits per heavy atom. The quantitative estimate of drug-likeness (QED) is 0.286. The molecular weight excluding hydrogens is 380 g/mol. The lowest BCUT2D eigenvalue weighted by atomic mass is 9.75. The second kappa shape index (κ2) is 6.98. The summed E-state index contributed by atoms with van der Waals surface area (Å²) >= 11 is 0. The molecule has 2 aliphatic rings. The number of benzene rings is 4. The van der Waals surface area contributed by atoms with E-state index < -0.39 is 0 Å². The summed E-state index contributed by atoms with van der Waals surface area (Å²) < 4.78 is 0. The highest BCUT2D eigenvalue weighted by Gasteiger charge is 2.39. The fourth-order valence-electron chi connectivity index (χ4n) is 5.55. The highest BCUT2D eigenvalue weighted by Crippen LogP contribution is 2.52. The van der Waals surface area contributed by atoms with E-state index in [4.69, 9.17) is 0 Å². The standard InChI is InChI=1S/C28H24N2O/c1-17(31)29-20-13-14-26-25(16-20)23-11-6-12-24(23)28(30-26)27-21-9-4-2-7-18(21)15-19-8-3-5-10-22(19)27/h2-11,13-16,23-24,28,30H,12H2,1H3,(H,29,31). The van der Waals surface area contributed by atoms with Gasteiger partial charge in [0.05, 0.1) is 6.04 Å². The summed E-state index contributed by atoms with van der Waals surface area (Å²) in [6, 6.07) is 26.2. The first kappa shape index (κ1) is 18.2. The topological polar surface area (TPSA) is 41.1 Å². The van der Waals surface area contributed by atoms with Crippen molar-refractivity contribution in [2.45, 2.75) is 25.3 Å². The Morgan fingerprint density at radius 2 is 1.65 bits per heavy atom.